The molecule has 0 aromatic carbocycles. The number of carbonyl (C=O) groups is 2. The topological polar surface area (TPSA) is 90.0 Å². The lowest BCUT2D eigenvalue weighted by Gasteiger charge is -2.33. The molecule has 0 saturated carbocycles. The quantitative estimate of drug-likeness (QED) is 0.882. The van der Waals surface area contributed by atoms with Crippen LogP contribution in [0.3, 0.4) is 0 Å². The SMILES string of the molecule is Cn1cc(C(=O)Nc2sc3c(c2C(N)=O)CC[C@H](C(C)(C)C)C3)cn1. The summed E-state index contributed by atoms with van der Waals surface area (Å²) in [6.07, 6.45) is 5.93. The molecule has 7 heteroatoms. The smallest absolute Gasteiger partial charge is 0.259 e. The Bertz CT molecular complexity index is 829. The summed E-state index contributed by atoms with van der Waals surface area (Å²) in [5, 5.41) is 7.42. The average molecular weight is 360 g/mol. The Morgan fingerprint density at radius 3 is 2.68 bits per heavy atom. The third-order valence-electron chi connectivity index (χ3n) is 4.93. The number of amides is 2. The molecule has 0 unspecified atom stereocenters. The van der Waals surface area contributed by atoms with E-state index in [-0.39, 0.29) is 11.3 Å². The van der Waals surface area contributed by atoms with Gasteiger partial charge < -0.3 is 11.1 Å². The largest absolute Gasteiger partial charge is 0.365 e. The number of rotatable bonds is 3. The molecule has 2 aromatic rings. The molecule has 2 aromatic heterocycles. The van der Waals surface area contributed by atoms with Gasteiger partial charge in [-0.05, 0) is 36.2 Å². The monoisotopic (exact) mass is 360 g/mol. The lowest BCUT2D eigenvalue weighted by atomic mass is 9.72. The van der Waals surface area contributed by atoms with Crippen LogP contribution in [0.4, 0.5) is 5.00 Å². The van der Waals surface area contributed by atoms with Crippen molar-refractivity contribution in [2.24, 2.45) is 24.1 Å². The van der Waals surface area contributed by atoms with Crippen LogP contribution in [0.25, 0.3) is 0 Å². The minimum atomic E-state index is -0.479. The van der Waals surface area contributed by atoms with Gasteiger partial charge in [0, 0.05) is 18.1 Å². The fourth-order valence-electron chi connectivity index (χ4n) is 3.39. The van der Waals surface area contributed by atoms with Gasteiger partial charge in [-0.15, -0.1) is 11.3 Å². The van der Waals surface area contributed by atoms with E-state index in [2.05, 4.69) is 31.2 Å². The van der Waals surface area contributed by atoms with Gasteiger partial charge in [0.1, 0.15) is 5.00 Å². The van der Waals surface area contributed by atoms with Gasteiger partial charge in [0.2, 0.25) is 0 Å². The van der Waals surface area contributed by atoms with Crippen molar-refractivity contribution < 1.29 is 9.59 Å². The highest BCUT2D eigenvalue weighted by Crippen LogP contribution is 2.44. The normalized spacial score (nSPS) is 17.2. The minimum Gasteiger partial charge on any atom is -0.365 e. The van der Waals surface area contributed by atoms with Crippen molar-refractivity contribution in [3.8, 4) is 0 Å². The first-order chi connectivity index (χ1) is 11.7. The zero-order valence-corrected chi connectivity index (χ0v) is 15.9. The summed E-state index contributed by atoms with van der Waals surface area (Å²) in [4.78, 5) is 25.6. The molecule has 6 nitrogen and oxygen atoms in total. The fourth-order valence-corrected chi connectivity index (χ4v) is 4.72. The number of nitrogens with two attached hydrogens (primary N) is 1. The van der Waals surface area contributed by atoms with E-state index >= 15 is 0 Å². The molecule has 3 rings (SSSR count). The van der Waals surface area contributed by atoms with Gasteiger partial charge in [-0.2, -0.15) is 5.10 Å². The maximum absolute atomic E-state index is 12.4. The Kier molecular flexibility index (Phi) is 4.45. The molecule has 1 aliphatic rings. The molecule has 0 aliphatic heterocycles. The number of primary amides is 1. The first kappa shape index (κ1) is 17.7. The van der Waals surface area contributed by atoms with Crippen LogP contribution < -0.4 is 11.1 Å². The summed E-state index contributed by atoms with van der Waals surface area (Å²) in [5.74, 6) is -0.198. The van der Waals surface area contributed by atoms with Gasteiger partial charge in [0.05, 0.1) is 17.3 Å². The molecular formula is C18H24N4O2S. The van der Waals surface area contributed by atoms with Crippen molar-refractivity contribution >= 4 is 28.2 Å². The van der Waals surface area contributed by atoms with Crippen molar-refractivity contribution in [2.75, 3.05) is 5.32 Å². The van der Waals surface area contributed by atoms with E-state index in [1.807, 2.05) is 0 Å². The Hall–Kier alpha value is -2.15. The van der Waals surface area contributed by atoms with E-state index in [1.165, 1.54) is 22.4 Å². The Balaban J connectivity index is 1.91. The fraction of sp³-hybridized carbons (Fsp3) is 0.500. The molecule has 1 aliphatic carbocycles. The Morgan fingerprint density at radius 2 is 2.12 bits per heavy atom. The molecule has 0 fully saturated rings. The summed E-state index contributed by atoms with van der Waals surface area (Å²) in [6.45, 7) is 6.74. The highest BCUT2D eigenvalue weighted by atomic mass is 32.1. The van der Waals surface area contributed by atoms with Crippen LogP contribution in [0.15, 0.2) is 12.4 Å². The van der Waals surface area contributed by atoms with Gasteiger partial charge in [0.25, 0.3) is 11.8 Å². The molecule has 0 bridgehead atoms. The number of hydrogen-bond acceptors (Lipinski definition) is 4. The van der Waals surface area contributed by atoms with Crippen molar-refractivity contribution in [1.82, 2.24) is 9.78 Å². The summed E-state index contributed by atoms with van der Waals surface area (Å²) in [6, 6.07) is 0. The number of anilines is 1. The minimum absolute atomic E-state index is 0.216. The third-order valence-corrected chi connectivity index (χ3v) is 6.10. The molecule has 0 spiro atoms. The zero-order valence-electron chi connectivity index (χ0n) is 15.0. The molecule has 0 radical (unpaired) electrons. The van der Waals surface area contributed by atoms with Crippen molar-refractivity contribution in [2.45, 2.75) is 40.0 Å². The number of carbonyl (C=O) groups excluding carboxylic acids is 2. The summed E-state index contributed by atoms with van der Waals surface area (Å²) >= 11 is 1.48. The number of thiophene rings is 1. The molecule has 2 heterocycles. The molecule has 134 valence electrons. The zero-order chi connectivity index (χ0) is 18.4. The number of fused-ring (bicyclic) bond motifs is 1. The summed E-state index contributed by atoms with van der Waals surface area (Å²) in [5.41, 5.74) is 7.78. The van der Waals surface area contributed by atoms with Gasteiger partial charge in [-0.25, -0.2) is 0 Å². The van der Waals surface area contributed by atoms with Crippen LogP contribution in [0.2, 0.25) is 0 Å². The lowest BCUT2D eigenvalue weighted by molar-refractivity contribution is 0.1000. The first-order valence-corrected chi connectivity index (χ1v) is 9.22. The first-order valence-electron chi connectivity index (χ1n) is 8.41. The molecule has 2 amide bonds. The standard InChI is InChI=1S/C18H24N4O2S/c1-18(2,3)11-5-6-12-13(7-11)25-17(14(12)15(19)23)21-16(24)10-8-20-22(4)9-10/h8-9,11H,5-7H2,1-4H3,(H2,19,23)(H,21,24)/t11-/m0/s1. The number of nitrogens with zero attached hydrogens (tertiary/aromatic N) is 2. The summed E-state index contributed by atoms with van der Waals surface area (Å²) < 4.78 is 1.57. The second-order valence-corrected chi connectivity index (χ2v) is 8.84. The van der Waals surface area contributed by atoms with Crippen LogP contribution in [-0.4, -0.2) is 21.6 Å². The van der Waals surface area contributed by atoms with Gasteiger partial charge in [0.15, 0.2) is 0 Å². The molecule has 3 N–H and O–H groups in total. The van der Waals surface area contributed by atoms with Crippen LogP contribution in [0, 0.1) is 11.3 Å². The van der Waals surface area contributed by atoms with Crippen molar-refractivity contribution in [3.05, 3.63) is 34.0 Å². The molecule has 25 heavy (non-hydrogen) atoms. The van der Waals surface area contributed by atoms with E-state index < -0.39 is 5.91 Å². The van der Waals surface area contributed by atoms with Gasteiger partial charge >= 0.3 is 0 Å². The van der Waals surface area contributed by atoms with Crippen molar-refractivity contribution in [1.29, 1.82) is 0 Å². The van der Waals surface area contributed by atoms with Crippen molar-refractivity contribution in [3.63, 3.8) is 0 Å². The highest BCUT2D eigenvalue weighted by Gasteiger charge is 2.33. The second kappa shape index (κ2) is 6.29. The van der Waals surface area contributed by atoms with Gasteiger partial charge in [-0.3, -0.25) is 14.3 Å². The second-order valence-electron chi connectivity index (χ2n) is 7.73. The lowest BCUT2D eigenvalue weighted by Crippen LogP contribution is -2.27. The maximum Gasteiger partial charge on any atom is 0.259 e. The van der Waals surface area contributed by atoms with Gasteiger partial charge in [-0.1, -0.05) is 20.8 Å². The van der Waals surface area contributed by atoms with E-state index in [0.29, 0.717) is 22.0 Å². The Labute approximate surface area is 151 Å². The highest BCUT2D eigenvalue weighted by molar-refractivity contribution is 7.17. The average Bonchev–Trinajstić information content (AvgIpc) is 3.08. The van der Waals surface area contributed by atoms with E-state index in [0.717, 1.165) is 24.8 Å². The van der Waals surface area contributed by atoms with Crippen LogP contribution in [0.1, 0.15) is 58.3 Å². The number of hydrogen-bond donors (Lipinski definition) is 2. The number of aromatic nitrogens is 2. The number of nitrogens with one attached hydrogen (secondary N) is 1. The number of aryl methyl sites for hydroxylation is 1. The van der Waals surface area contributed by atoms with Crippen LogP contribution in [0.5, 0.6) is 0 Å². The predicted molar refractivity (Wildman–Crippen MR) is 99.0 cm³/mol. The van der Waals surface area contributed by atoms with Crippen LogP contribution >= 0.6 is 11.3 Å². The van der Waals surface area contributed by atoms with E-state index in [4.69, 9.17) is 5.73 Å². The van der Waals surface area contributed by atoms with E-state index in [9.17, 15) is 9.59 Å². The molecule has 0 saturated heterocycles. The molecular weight excluding hydrogens is 336 g/mol. The van der Waals surface area contributed by atoms with Crippen LogP contribution in [-0.2, 0) is 19.9 Å². The summed E-state index contributed by atoms with van der Waals surface area (Å²) in [7, 11) is 1.75. The predicted octanol–water partition coefficient (Wildman–Crippen LogP) is 2.98. The Morgan fingerprint density at radius 1 is 1.40 bits per heavy atom. The third kappa shape index (κ3) is 3.46. The molecule has 1 atom stereocenters. The maximum atomic E-state index is 12.4. The van der Waals surface area contributed by atoms with E-state index in [1.54, 1.807) is 17.9 Å².